The van der Waals surface area contributed by atoms with Crippen LogP contribution < -0.4 is 9.47 Å². The highest BCUT2D eigenvalue weighted by molar-refractivity contribution is 5.92. The molecule has 7 heteroatoms. The van der Waals surface area contributed by atoms with Gasteiger partial charge in [-0.3, -0.25) is 4.79 Å². The molecule has 2 heterocycles. The molecule has 1 aromatic heterocycles. The molecule has 7 nitrogen and oxygen atoms in total. The van der Waals surface area contributed by atoms with E-state index < -0.39 is 28.9 Å². The van der Waals surface area contributed by atoms with Crippen LogP contribution in [0.5, 0.6) is 11.6 Å². The van der Waals surface area contributed by atoms with Crippen LogP contribution in [0.2, 0.25) is 0 Å². The van der Waals surface area contributed by atoms with Crippen molar-refractivity contribution >= 4 is 11.9 Å². The summed E-state index contributed by atoms with van der Waals surface area (Å²) in [6.07, 6.45) is 1.32. The maximum atomic E-state index is 13.8. The summed E-state index contributed by atoms with van der Waals surface area (Å²) in [6.45, 7) is 7.82. The van der Waals surface area contributed by atoms with Gasteiger partial charge in [0.2, 0.25) is 12.0 Å². The third kappa shape index (κ3) is 3.49. The van der Waals surface area contributed by atoms with Crippen LogP contribution in [0.3, 0.4) is 0 Å². The van der Waals surface area contributed by atoms with Crippen LogP contribution in [0.1, 0.15) is 48.4 Å². The Morgan fingerprint density at radius 2 is 1.91 bits per heavy atom. The number of benzene rings is 1. The minimum absolute atomic E-state index is 0.164. The lowest BCUT2D eigenvalue weighted by Gasteiger charge is -2.26. The number of aryl methyl sites for hydroxylation is 2. The first-order valence-corrected chi connectivity index (χ1v) is 10.7. The van der Waals surface area contributed by atoms with Crippen molar-refractivity contribution in [1.82, 2.24) is 4.98 Å². The number of ether oxygens (including phenoxy) is 4. The first kappa shape index (κ1) is 22.1. The van der Waals surface area contributed by atoms with Crippen LogP contribution >= 0.6 is 0 Å². The number of esters is 2. The number of hydrogen-bond donors (Lipinski definition) is 0. The van der Waals surface area contributed by atoms with E-state index in [1.807, 2.05) is 52.0 Å². The molecule has 2 aliphatic rings. The Kier molecular flexibility index (Phi) is 5.39. The van der Waals surface area contributed by atoms with Crippen molar-refractivity contribution in [1.29, 1.82) is 0 Å². The molecular formula is C25H29NO6. The van der Waals surface area contributed by atoms with Gasteiger partial charge in [0.25, 0.3) is 0 Å². The van der Waals surface area contributed by atoms with Crippen molar-refractivity contribution in [2.45, 2.75) is 51.6 Å². The lowest BCUT2D eigenvalue weighted by atomic mass is 9.87. The number of pyridine rings is 1. The predicted octanol–water partition coefficient (Wildman–Crippen LogP) is 3.64. The average Bonchev–Trinajstić information content (AvgIpc) is 3.47. The molecule has 2 fully saturated rings. The van der Waals surface area contributed by atoms with E-state index >= 15 is 0 Å². The Hall–Kier alpha value is -3.09. The molecular weight excluding hydrogens is 410 g/mol. The fourth-order valence-corrected chi connectivity index (χ4v) is 4.60. The van der Waals surface area contributed by atoms with Gasteiger partial charge in [-0.15, -0.1) is 0 Å². The SMILES string of the molecule is COc1ccc(C)cc1[C@]1(C(=O)O[C@H]2C(=O)OCC2(C)C)C[C@@H]1c1cnc(OC)c(C)c1. The Balaban J connectivity index is 1.77. The van der Waals surface area contributed by atoms with Crippen LogP contribution in [0, 0.1) is 19.3 Å². The van der Waals surface area contributed by atoms with Gasteiger partial charge in [0.15, 0.2) is 0 Å². The van der Waals surface area contributed by atoms with E-state index in [9.17, 15) is 9.59 Å². The molecule has 1 saturated heterocycles. The molecule has 0 radical (unpaired) electrons. The van der Waals surface area contributed by atoms with Crippen LogP contribution in [0.25, 0.3) is 0 Å². The molecule has 0 spiro atoms. The molecule has 1 aliphatic carbocycles. The minimum Gasteiger partial charge on any atom is -0.496 e. The average molecular weight is 440 g/mol. The first-order valence-electron chi connectivity index (χ1n) is 10.7. The Morgan fingerprint density at radius 3 is 2.50 bits per heavy atom. The van der Waals surface area contributed by atoms with E-state index in [4.69, 9.17) is 18.9 Å². The highest BCUT2D eigenvalue weighted by Gasteiger charge is 2.65. The van der Waals surface area contributed by atoms with Crippen LogP contribution in [-0.4, -0.2) is 43.9 Å². The van der Waals surface area contributed by atoms with Crippen molar-refractivity contribution in [3.05, 3.63) is 52.7 Å². The molecule has 0 N–H and O–H groups in total. The Labute approximate surface area is 188 Å². The number of methoxy groups -OCH3 is 2. The Bertz CT molecular complexity index is 1080. The van der Waals surface area contributed by atoms with E-state index in [1.54, 1.807) is 20.4 Å². The standard InChI is InChI=1S/C25H29NO6/c1-14-7-8-19(29-5)17(9-14)25(23(28)32-20-22(27)31-13-24(20,3)4)11-18(25)16-10-15(2)21(30-6)26-12-16/h7-10,12,18,20H,11,13H2,1-6H3/t18-,20+,25-/m1/s1. The van der Waals surface area contributed by atoms with Crippen LogP contribution in [-0.2, 0) is 24.5 Å². The summed E-state index contributed by atoms with van der Waals surface area (Å²) in [7, 11) is 3.16. The molecule has 1 aliphatic heterocycles. The van der Waals surface area contributed by atoms with Crippen molar-refractivity contribution < 1.29 is 28.5 Å². The van der Waals surface area contributed by atoms with Crippen LogP contribution in [0.15, 0.2) is 30.5 Å². The fraction of sp³-hybridized carbons (Fsp3) is 0.480. The minimum atomic E-state index is -0.973. The monoisotopic (exact) mass is 439 g/mol. The molecule has 1 saturated carbocycles. The highest BCUT2D eigenvalue weighted by Crippen LogP contribution is 2.63. The highest BCUT2D eigenvalue weighted by atomic mass is 16.6. The summed E-state index contributed by atoms with van der Waals surface area (Å²) in [5.74, 6) is 0.0432. The van der Waals surface area contributed by atoms with Crippen molar-refractivity contribution in [3.63, 3.8) is 0 Å². The van der Waals surface area contributed by atoms with Gasteiger partial charge in [-0.1, -0.05) is 31.5 Å². The van der Waals surface area contributed by atoms with Gasteiger partial charge in [-0.2, -0.15) is 0 Å². The zero-order chi connectivity index (χ0) is 23.3. The number of rotatable bonds is 6. The maximum absolute atomic E-state index is 13.8. The second-order valence-corrected chi connectivity index (χ2v) is 9.41. The molecule has 4 rings (SSSR count). The lowest BCUT2D eigenvalue weighted by Crippen LogP contribution is -2.39. The zero-order valence-corrected chi connectivity index (χ0v) is 19.4. The quantitative estimate of drug-likeness (QED) is 0.636. The Morgan fingerprint density at radius 1 is 1.16 bits per heavy atom. The number of cyclic esters (lactones) is 1. The van der Waals surface area contributed by atoms with E-state index in [2.05, 4.69) is 4.98 Å². The van der Waals surface area contributed by atoms with Gasteiger partial charge in [-0.05, 0) is 38.0 Å². The van der Waals surface area contributed by atoms with Crippen molar-refractivity contribution in [2.24, 2.45) is 5.41 Å². The lowest BCUT2D eigenvalue weighted by molar-refractivity contribution is -0.165. The molecule has 2 aromatic rings. The number of carbonyl (C=O) groups excluding carboxylic acids is 2. The number of hydrogen-bond acceptors (Lipinski definition) is 7. The topological polar surface area (TPSA) is 84.0 Å². The van der Waals surface area contributed by atoms with E-state index in [1.165, 1.54) is 0 Å². The van der Waals surface area contributed by atoms with Gasteiger partial charge < -0.3 is 18.9 Å². The van der Waals surface area contributed by atoms with Gasteiger partial charge in [0.1, 0.15) is 17.8 Å². The molecule has 170 valence electrons. The van der Waals surface area contributed by atoms with Gasteiger partial charge >= 0.3 is 11.9 Å². The molecule has 0 unspecified atom stereocenters. The number of carbonyl (C=O) groups is 2. The fourth-order valence-electron chi connectivity index (χ4n) is 4.60. The first-order chi connectivity index (χ1) is 15.1. The normalized spacial score (nSPS) is 25.8. The zero-order valence-electron chi connectivity index (χ0n) is 19.4. The molecule has 32 heavy (non-hydrogen) atoms. The number of aromatic nitrogens is 1. The van der Waals surface area contributed by atoms with E-state index in [0.29, 0.717) is 18.1 Å². The summed E-state index contributed by atoms with van der Waals surface area (Å²) in [5.41, 5.74) is 2.00. The largest absolute Gasteiger partial charge is 0.496 e. The second-order valence-electron chi connectivity index (χ2n) is 9.41. The van der Waals surface area contributed by atoms with Gasteiger partial charge in [0, 0.05) is 28.7 Å². The number of nitrogens with zero attached hydrogens (tertiary/aromatic N) is 1. The summed E-state index contributed by atoms with van der Waals surface area (Å²) in [5, 5.41) is 0. The third-order valence-corrected chi connectivity index (χ3v) is 6.54. The maximum Gasteiger partial charge on any atom is 0.348 e. The molecule has 0 amide bonds. The molecule has 1 aromatic carbocycles. The molecule has 0 bridgehead atoms. The summed E-state index contributed by atoms with van der Waals surface area (Å²) < 4.78 is 21.9. The molecule has 3 atom stereocenters. The van der Waals surface area contributed by atoms with E-state index in [-0.39, 0.29) is 12.5 Å². The van der Waals surface area contributed by atoms with Crippen molar-refractivity contribution in [2.75, 3.05) is 20.8 Å². The van der Waals surface area contributed by atoms with Crippen LogP contribution in [0.4, 0.5) is 0 Å². The smallest absolute Gasteiger partial charge is 0.348 e. The third-order valence-electron chi connectivity index (χ3n) is 6.54. The van der Waals surface area contributed by atoms with E-state index in [0.717, 1.165) is 22.3 Å². The van der Waals surface area contributed by atoms with Gasteiger partial charge in [-0.25, -0.2) is 9.78 Å². The summed E-state index contributed by atoms with van der Waals surface area (Å²) >= 11 is 0. The summed E-state index contributed by atoms with van der Waals surface area (Å²) in [6, 6.07) is 7.75. The predicted molar refractivity (Wildman–Crippen MR) is 117 cm³/mol. The summed E-state index contributed by atoms with van der Waals surface area (Å²) in [4.78, 5) is 30.5. The second kappa shape index (κ2) is 7.80. The van der Waals surface area contributed by atoms with Gasteiger partial charge in [0.05, 0.1) is 14.2 Å². The van der Waals surface area contributed by atoms with Crippen molar-refractivity contribution in [3.8, 4) is 11.6 Å².